The molecule has 1 aromatic carbocycles. The summed E-state index contributed by atoms with van der Waals surface area (Å²) >= 11 is 6.02. The molecular weight excluding hydrogens is 244 g/mol. The van der Waals surface area contributed by atoms with Gasteiger partial charge in [0.25, 0.3) is 0 Å². The fourth-order valence-electron chi connectivity index (χ4n) is 1.88. The Labute approximate surface area is 116 Å². The first-order chi connectivity index (χ1) is 8.58. The van der Waals surface area contributed by atoms with Crippen LogP contribution in [0.1, 0.15) is 31.4 Å². The molecule has 0 bridgehead atoms. The Kier molecular flexibility index (Phi) is 7.33. The van der Waals surface area contributed by atoms with Gasteiger partial charge in [-0.25, -0.2) is 0 Å². The van der Waals surface area contributed by atoms with E-state index >= 15 is 0 Å². The lowest BCUT2D eigenvalue weighted by Crippen LogP contribution is -2.24. The van der Waals surface area contributed by atoms with Crippen LogP contribution in [-0.4, -0.2) is 19.6 Å². The minimum Gasteiger partial charge on any atom is -0.316 e. The van der Waals surface area contributed by atoms with Crippen molar-refractivity contribution in [1.82, 2.24) is 10.6 Å². The second-order valence-electron chi connectivity index (χ2n) is 5.27. The molecule has 0 aliphatic rings. The second kappa shape index (κ2) is 8.52. The molecule has 0 saturated heterocycles. The van der Waals surface area contributed by atoms with E-state index in [4.69, 9.17) is 11.6 Å². The Morgan fingerprint density at radius 3 is 2.50 bits per heavy atom. The summed E-state index contributed by atoms with van der Waals surface area (Å²) in [5.74, 6) is 0.729. The zero-order chi connectivity index (χ0) is 13.4. The van der Waals surface area contributed by atoms with Gasteiger partial charge in [0.1, 0.15) is 0 Å². The molecule has 0 saturated carbocycles. The fraction of sp³-hybridized carbons (Fsp3) is 0.600. The largest absolute Gasteiger partial charge is 0.316 e. The Bertz CT molecular complexity index is 330. The zero-order valence-corrected chi connectivity index (χ0v) is 12.5. The van der Waals surface area contributed by atoms with Crippen LogP contribution in [0.3, 0.4) is 0 Å². The smallest absolute Gasteiger partial charge is 0.0411 e. The van der Waals surface area contributed by atoms with Gasteiger partial charge < -0.3 is 10.6 Å². The summed E-state index contributed by atoms with van der Waals surface area (Å²) in [7, 11) is 0. The molecule has 0 aliphatic heterocycles. The number of rotatable bonds is 8. The third kappa shape index (κ3) is 7.00. The van der Waals surface area contributed by atoms with E-state index in [-0.39, 0.29) is 0 Å². The van der Waals surface area contributed by atoms with Crippen molar-refractivity contribution in [3.8, 4) is 0 Å². The van der Waals surface area contributed by atoms with Crippen LogP contribution >= 0.6 is 11.6 Å². The van der Waals surface area contributed by atoms with Gasteiger partial charge >= 0.3 is 0 Å². The van der Waals surface area contributed by atoms with E-state index in [1.54, 1.807) is 0 Å². The van der Waals surface area contributed by atoms with Crippen LogP contribution in [0.4, 0.5) is 0 Å². The molecule has 2 N–H and O–H groups in total. The molecule has 0 fully saturated rings. The van der Waals surface area contributed by atoms with E-state index in [1.165, 1.54) is 11.1 Å². The number of nitrogens with one attached hydrogen (secondary N) is 2. The van der Waals surface area contributed by atoms with E-state index in [1.807, 2.05) is 12.1 Å². The van der Waals surface area contributed by atoms with Crippen molar-refractivity contribution in [2.24, 2.45) is 5.92 Å². The average molecular weight is 269 g/mol. The topological polar surface area (TPSA) is 24.1 Å². The number of hydrogen-bond donors (Lipinski definition) is 2. The Hall–Kier alpha value is -0.570. The van der Waals surface area contributed by atoms with E-state index in [9.17, 15) is 0 Å². The molecule has 0 aliphatic carbocycles. The summed E-state index contributed by atoms with van der Waals surface area (Å²) in [6.07, 6.45) is 1.16. The van der Waals surface area contributed by atoms with E-state index in [0.717, 1.165) is 43.5 Å². The van der Waals surface area contributed by atoms with Gasteiger partial charge in [0, 0.05) is 11.6 Å². The van der Waals surface area contributed by atoms with Crippen LogP contribution in [0.2, 0.25) is 5.02 Å². The van der Waals surface area contributed by atoms with Gasteiger partial charge in [0.2, 0.25) is 0 Å². The number of halogens is 1. The zero-order valence-electron chi connectivity index (χ0n) is 11.7. The Morgan fingerprint density at radius 1 is 1.11 bits per heavy atom. The highest BCUT2D eigenvalue weighted by Gasteiger charge is 1.97. The van der Waals surface area contributed by atoms with Crippen molar-refractivity contribution < 1.29 is 0 Å². The maximum absolute atomic E-state index is 6.02. The lowest BCUT2D eigenvalue weighted by Gasteiger charge is -2.08. The van der Waals surface area contributed by atoms with Crippen molar-refractivity contribution in [2.75, 3.05) is 19.6 Å². The molecule has 0 radical (unpaired) electrons. The Morgan fingerprint density at radius 2 is 1.83 bits per heavy atom. The normalized spacial score (nSPS) is 11.2. The number of benzene rings is 1. The summed E-state index contributed by atoms with van der Waals surface area (Å²) in [5, 5.41) is 7.71. The molecule has 0 aromatic heterocycles. The Balaban J connectivity index is 2.10. The van der Waals surface area contributed by atoms with Crippen molar-refractivity contribution in [1.29, 1.82) is 0 Å². The van der Waals surface area contributed by atoms with Crippen molar-refractivity contribution >= 4 is 11.6 Å². The van der Waals surface area contributed by atoms with Crippen molar-refractivity contribution in [2.45, 2.75) is 33.7 Å². The van der Waals surface area contributed by atoms with Gasteiger partial charge in [-0.2, -0.15) is 0 Å². The lowest BCUT2D eigenvalue weighted by atomic mass is 10.1. The third-order valence-electron chi connectivity index (χ3n) is 2.69. The van der Waals surface area contributed by atoms with Gasteiger partial charge in [0.15, 0.2) is 0 Å². The standard InChI is InChI=1S/C15H25ClN2/c1-12(2)10-17-5-4-6-18-11-14-7-13(3)8-15(16)9-14/h7-9,12,17-18H,4-6,10-11H2,1-3H3. The summed E-state index contributed by atoms with van der Waals surface area (Å²) in [4.78, 5) is 0. The highest BCUT2D eigenvalue weighted by molar-refractivity contribution is 6.30. The van der Waals surface area contributed by atoms with E-state index in [0.29, 0.717) is 0 Å². The summed E-state index contributed by atoms with van der Waals surface area (Å²) < 4.78 is 0. The fourth-order valence-corrected chi connectivity index (χ4v) is 2.19. The first-order valence-corrected chi connectivity index (χ1v) is 7.13. The number of aryl methyl sites for hydroxylation is 1. The first kappa shape index (κ1) is 15.5. The lowest BCUT2D eigenvalue weighted by molar-refractivity contribution is 0.530. The summed E-state index contributed by atoms with van der Waals surface area (Å²) in [6.45, 7) is 10.7. The molecule has 18 heavy (non-hydrogen) atoms. The maximum atomic E-state index is 6.02. The average Bonchev–Trinajstić information content (AvgIpc) is 2.26. The molecule has 2 nitrogen and oxygen atoms in total. The summed E-state index contributed by atoms with van der Waals surface area (Å²) in [6, 6.07) is 6.19. The first-order valence-electron chi connectivity index (χ1n) is 6.75. The van der Waals surface area contributed by atoms with Crippen molar-refractivity contribution in [3.63, 3.8) is 0 Å². The van der Waals surface area contributed by atoms with Crippen LogP contribution in [-0.2, 0) is 6.54 Å². The van der Waals surface area contributed by atoms with Gasteiger partial charge in [-0.15, -0.1) is 0 Å². The third-order valence-corrected chi connectivity index (χ3v) is 2.91. The van der Waals surface area contributed by atoms with Crippen LogP contribution in [0.5, 0.6) is 0 Å². The van der Waals surface area contributed by atoms with Crippen LogP contribution in [0.25, 0.3) is 0 Å². The second-order valence-corrected chi connectivity index (χ2v) is 5.70. The van der Waals surface area contributed by atoms with Gasteiger partial charge in [-0.3, -0.25) is 0 Å². The predicted molar refractivity (Wildman–Crippen MR) is 80.2 cm³/mol. The van der Waals surface area contributed by atoms with Crippen LogP contribution in [0.15, 0.2) is 18.2 Å². The molecular formula is C15H25ClN2. The molecule has 1 aromatic rings. The molecule has 1 rings (SSSR count). The SMILES string of the molecule is Cc1cc(Cl)cc(CNCCCNCC(C)C)c1. The monoisotopic (exact) mass is 268 g/mol. The van der Waals surface area contributed by atoms with Crippen molar-refractivity contribution in [3.05, 3.63) is 34.3 Å². The van der Waals surface area contributed by atoms with Gasteiger partial charge in [-0.05, 0) is 62.2 Å². The highest BCUT2D eigenvalue weighted by Crippen LogP contribution is 2.14. The summed E-state index contributed by atoms with van der Waals surface area (Å²) in [5.41, 5.74) is 2.48. The van der Waals surface area contributed by atoms with E-state index < -0.39 is 0 Å². The minimum atomic E-state index is 0.729. The quantitative estimate of drug-likeness (QED) is 0.707. The minimum absolute atomic E-state index is 0.729. The maximum Gasteiger partial charge on any atom is 0.0411 e. The number of hydrogen-bond acceptors (Lipinski definition) is 2. The van der Waals surface area contributed by atoms with E-state index in [2.05, 4.69) is 37.5 Å². The predicted octanol–water partition coefficient (Wildman–Crippen LogP) is 3.37. The molecule has 0 heterocycles. The molecule has 3 heteroatoms. The molecule has 0 amide bonds. The van der Waals surface area contributed by atoms with Crippen LogP contribution < -0.4 is 10.6 Å². The molecule has 0 unspecified atom stereocenters. The highest BCUT2D eigenvalue weighted by atomic mass is 35.5. The molecule has 0 atom stereocenters. The molecule has 0 spiro atoms. The van der Waals surface area contributed by atoms with Crippen LogP contribution in [0, 0.1) is 12.8 Å². The van der Waals surface area contributed by atoms with Gasteiger partial charge in [0.05, 0.1) is 0 Å². The van der Waals surface area contributed by atoms with Gasteiger partial charge in [-0.1, -0.05) is 31.5 Å². The molecule has 102 valence electrons.